The Balaban J connectivity index is 1.49. The Morgan fingerprint density at radius 1 is 1.12 bits per heavy atom. The summed E-state index contributed by atoms with van der Waals surface area (Å²) in [5.41, 5.74) is 3.71. The van der Waals surface area contributed by atoms with E-state index in [0.29, 0.717) is 37.2 Å². The van der Waals surface area contributed by atoms with Crippen LogP contribution in [0.5, 0.6) is 0 Å². The molecule has 1 aliphatic heterocycles. The van der Waals surface area contributed by atoms with E-state index in [1.165, 1.54) is 22.7 Å². The first-order valence-corrected chi connectivity index (χ1v) is 15.1. The third-order valence-electron chi connectivity index (χ3n) is 6.77. The lowest BCUT2D eigenvalue weighted by atomic mass is 10.0. The number of carbonyl (C=O) groups is 1. The largest absolute Gasteiger partial charge is 0.463 e. The minimum atomic E-state index is -0.589. The van der Waals surface area contributed by atoms with Crippen molar-refractivity contribution in [1.82, 2.24) is 9.13 Å². The molecule has 4 heterocycles. The third-order valence-corrected chi connectivity index (χ3v) is 9.42. The Bertz CT molecular complexity index is 1980. The molecule has 10 heteroatoms. The molecule has 0 fully saturated rings. The molecule has 6 rings (SSSR count). The highest BCUT2D eigenvalue weighted by molar-refractivity contribution is 7.10. The van der Waals surface area contributed by atoms with Gasteiger partial charge in [0.15, 0.2) is 4.80 Å². The predicted octanol–water partition coefficient (Wildman–Crippen LogP) is 6.17. The number of fused-ring (bicyclic) bond motifs is 2. The van der Waals surface area contributed by atoms with Crippen LogP contribution in [0.25, 0.3) is 17.0 Å². The number of hydrogen-bond acceptors (Lipinski definition) is 6. The molecule has 0 saturated carbocycles. The van der Waals surface area contributed by atoms with Gasteiger partial charge in [0.25, 0.3) is 5.56 Å². The van der Waals surface area contributed by atoms with Gasteiger partial charge in [-0.2, -0.15) is 0 Å². The molecule has 0 radical (unpaired) electrons. The molecule has 0 unspecified atom stereocenters. The van der Waals surface area contributed by atoms with E-state index in [9.17, 15) is 9.59 Å². The van der Waals surface area contributed by atoms with Crippen LogP contribution >= 0.6 is 45.9 Å². The van der Waals surface area contributed by atoms with E-state index >= 15 is 0 Å². The summed E-state index contributed by atoms with van der Waals surface area (Å²) < 4.78 is 9.65. The number of thiazole rings is 1. The Morgan fingerprint density at radius 3 is 2.70 bits per heavy atom. The summed E-state index contributed by atoms with van der Waals surface area (Å²) in [6, 6.07) is 16.9. The molecule has 1 aliphatic rings. The lowest BCUT2D eigenvalue weighted by Gasteiger charge is -2.23. The fourth-order valence-corrected chi connectivity index (χ4v) is 7.19. The van der Waals surface area contributed by atoms with Crippen LogP contribution in [0.15, 0.2) is 87.2 Å². The minimum Gasteiger partial charge on any atom is -0.463 e. The molecule has 0 aliphatic carbocycles. The van der Waals surface area contributed by atoms with Gasteiger partial charge in [-0.3, -0.25) is 9.36 Å². The minimum absolute atomic E-state index is 0.197. The maximum Gasteiger partial charge on any atom is 0.338 e. The smallest absolute Gasteiger partial charge is 0.338 e. The van der Waals surface area contributed by atoms with Gasteiger partial charge in [-0.05, 0) is 55.1 Å². The van der Waals surface area contributed by atoms with Gasteiger partial charge in [0.05, 0.1) is 32.5 Å². The van der Waals surface area contributed by atoms with Crippen molar-refractivity contribution in [1.29, 1.82) is 0 Å². The van der Waals surface area contributed by atoms with Gasteiger partial charge in [0, 0.05) is 34.1 Å². The Kier molecular flexibility index (Phi) is 7.27. The van der Waals surface area contributed by atoms with Gasteiger partial charge in [-0.25, -0.2) is 9.79 Å². The number of benzene rings is 2. The zero-order valence-electron chi connectivity index (χ0n) is 21.6. The number of esters is 1. The van der Waals surface area contributed by atoms with Crippen LogP contribution in [0.3, 0.4) is 0 Å². The maximum absolute atomic E-state index is 13.9. The molecule has 5 aromatic rings. The van der Waals surface area contributed by atoms with E-state index in [2.05, 4.69) is 15.6 Å². The van der Waals surface area contributed by atoms with Crippen LogP contribution in [0.2, 0.25) is 10.0 Å². The molecule has 0 spiro atoms. The SMILES string of the molecule is CCOC(=O)C1=C(C)N=c2s/c(=C/c3cn(Cc4ccc(Cl)c(Cl)c4)c4ccccc34)c(=O)n2[C@@H]1c1cccs1. The van der Waals surface area contributed by atoms with Gasteiger partial charge < -0.3 is 9.30 Å². The van der Waals surface area contributed by atoms with Crippen molar-refractivity contribution in [3.63, 3.8) is 0 Å². The number of aromatic nitrogens is 2. The van der Waals surface area contributed by atoms with Gasteiger partial charge in [-0.1, -0.05) is 64.9 Å². The summed E-state index contributed by atoms with van der Waals surface area (Å²) >= 11 is 15.2. The Hall–Kier alpha value is -3.43. The summed E-state index contributed by atoms with van der Waals surface area (Å²) in [7, 11) is 0. The highest BCUT2D eigenvalue weighted by Gasteiger charge is 2.33. The van der Waals surface area contributed by atoms with Gasteiger partial charge in [-0.15, -0.1) is 11.3 Å². The zero-order chi connectivity index (χ0) is 28.0. The molecular weight excluding hydrogens is 585 g/mol. The van der Waals surface area contributed by atoms with Crippen LogP contribution in [0, 0.1) is 0 Å². The molecule has 0 amide bonds. The molecule has 2 aromatic carbocycles. The monoisotopic (exact) mass is 607 g/mol. The molecular formula is C30H23Cl2N3O3S2. The van der Waals surface area contributed by atoms with E-state index in [-0.39, 0.29) is 12.2 Å². The van der Waals surface area contributed by atoms with Crippen LogP contribution in [-0.4, -0.2) is 21.7 Å². The molecule has 0 N–H and O–H groups in total. The quantitative estimate of drug-likeness (QED) is 0.217. The van der Waals surface area contributed by atoms with E-state index in [1.807, 2.05) is 60.1 Å². The Labute approximate surface area is 247 Å². The topological polar surface area (TPSA) is 65.6 Å². The molecule has 40 heavy (non-hydrogen) atoms. The lowest BCUT2D eigenvalue weighted by Crippen LogP contribution is -2.39. The van der Waals surface area contributed by atoms with Crippen LogP contribution in [0.1, 0.15) is 35.9 Å². The van der Waals surface area contributed by atoms with Crippen LogP contribution < -0.4 is 14.9 Å². The van der Waals surface area contributed by atoms with Gasteiger partial charge in [0.2, 0.25) is 0 Å². The summed E-state index contributed by atoms with van der Waals surface area (Å²) in [6.45, 7) is 4.39. The summed E-state index contributed by atoms with van der Waals surface area (Å²) in [5, 5.41) is 3.98. The number of nitrogens with zero attached hydrogens (tertiary/aromatic N) is 3. The average Bonchev–Trinajstić information content (AvgIpc) is 3.65. The second-order valence-electron chi connectivity index (χ2n) is 9.30. The summed E-state index contributed by atoms with van der Waals surface area (Å²) in [6.07, 6.45) is 3.95. The van der Waals surface area contributed by atoms with Crippen LogP contribution in [0.4, 0.5) is 0 Å². The third kappa shape index (κ3) is 4.75. The zero-order valence-corrected chi connectivity index (χ0v) is 24.7. The number of rotatable bonds is 6. The van der Waals surface area contributed by atoms with Crippen molar-refractivity contribution in [2.24, 2.45) is 4.99 Å². The highest BCUT2D eigenvalue weighted by atomic mass is 35.5. The van der Waals surface area contributed by atoms with E-state index in [1.54, 1.807) is 24.5 Å². The lowest BCUT2D eigenvalue weighted by molar-refractivity contribution is -0.139. The molecule has 0 saturated heterocycles. The number of allylic oxidation sites excluding steroid dienone is 1. The first-order valence-electron chi connectivity index (χ1n) is 12.6. The van der Waals surface area contributed by atoms with Crippen molar-refractivity contribution < 1.29 is 9.53 Å². The Morgan fingerprint density at radius 2 is 1.95 bits per heavy atom. The molecule has 3 aromatic heterocycles. The first kappa shape index (κ1) is 26.8. The number of thiophene rings is 1. The number of ether oxygens (including phenoxy) is 1. The fourth-order valence-electron chi connectivity index (χ4n) is 5.00. The van der Waals surface area contributed by atoms with Gasteiger partial charge >= 0.3 is 5.97 Å². The first-order chi connectivity index (χ1) is 19.4. The second kappa shape index (κ2) is 10.9. The van der Waals surface area contributed by atoms with Crippen molar-refractivity contribution in [2.45, 2.75) is 26.4 Å². The molecule has 202 valence electrons. The van der Waals surface area contributed by atoms with Gasteiger partial charge in [0.1, 0.15) is 6.04 Å². The van der Waals surface area contributed by atoms with Crippen molar-refractivity contribution >= 4 is 68.8 Å². The standard InChI is InChI=1S/C30H23Cl2N3O3S2/c1-3-38-29(37)26-17(2)33-30-35(27(26)24-9-6-12-39-24)28(36)25(40-30)14-19-16-34(23-8-5-4-7-20(19)23)15-18-10-11-21(31)22(32)13-18/h4-14,16,27H,3,15H2,1-2H3/b25-14+/t27-/m1/s1. The van der Waals surface area contributed by atoms with E-state index < -0.39 is 12.0 Å². The van der Waals surface area contributed by atoms with E-state index in [4.69, 9.17) is 27.9 Å². The van der Waals surface area contributed by atoms with Crippen molar-refractivity contribution in [3.05, 3.63) is 123 Å². The second-order valence-corrected chi connectivity index (χ2v) is 12.1. The van der Waals surface area contributed by atoms with Crippen LogP contribution in [-0.2, 0) is 16.1 Å². The molecule has 0 bridgehead atoms. The molecule has 6 nitrogen and oxygen atoms in total. The summed E-state index contributed by atoms with van der Waals surface area (Å²) in [4.78, 5) is 33.0. The number of para-hydroxylation sites is 1. The number of halogens is 2. The average molecular weight is 609 g/mol. The number of carbonyl (C=O) groups excluding carboxylic acids is 1. The van der Waals surface area contributed by atoms with E-state index in [0.717, 1.165) is 26.9 Å². The molecule has 1 atom stereocenters. The normalized spacial score (nSPS) is 15.4. The summed E-state index contributed by atoms with van der Waals surface area (Å²) in [5.74, 6) is -0.457. The fraction of sp³-hybridized carbons (Fsp3) is 0.167. The maximum atomic E-state index is 13.9. The predicted molar refractivity (Wildman–Crippen MR) is 162 cm³/mol. The number of hydrogen-bond donors (Lipinski definition) is 0. The highest BCUT2D eigenvalue weighted by Crippen LogP contribution is 2.33. The van der Waals surface area contributed by atoms with Crippen molar-refractivity contribution in [2.75, 3.05) is 6.61 Å². The van der Waals surface area contributed by atoms with Crippen molar-refractivity contribution in [3.8, 4) is 0 Å².